The molecule has 57 heavy (non-hydrogen) atoms. The topological polar surface area (TPSA) is 401 Å². The molecule has 322 valence electrons. The lowest BCUT2D eigenvalue weighted by molar-refractivity contribution is -0.139. The number of nitrogens with two attached hydrogens (primary N) is 1. The third kappa shape index (κ3) is 16.5. The van der Waals surface area contributed by atoms with Crippen LogP contribution in [0.15, 0.2) is 25.3 Å². The lowest BCUT2D eigenvalue weighted by Gasteiger charge is -2.30. The number of nitrogens with one attached hydrogen (secondary N) is 2. The zero-order valence-electron chi connectivity index (χ0n) is 30.4. The lowest BCUT2D eigenvalue weighted by Crippen LogP contribution is -2.46. The van der Waals surface area contributed by atoms with Gasteiger partial charge in [-0.2, -0.15) is 4.31 Å². The van der Waals surface area contributed by atoms with Gasteiger partial charge >= 0.3 is 29.4 Å². The van der Waals surface area contributed by atoms with E-state index in [9.17, 15) is 62.7 Å². The molecular weight excluding hydrogens is 851 g/mol. The van der Waals surface area contributed by atoms with Crippen molar-refractivity contribution in [3.05, 3.63) is 25.3 Å². The van der Waals surface area contributed by atoms with Crippen molar-refractivity contribution in [2.24, 2.45) is 5.41 Å². The minimum atomic E-state index is -5.59. The second-order valence-electron chi connectivity index (χ2n) is 12.3. The van der Waals surface area contributed by atoms with Crippen molar-refractivity contribution < 1.29 is 90.4 Å². The Morgan fingerprint density at radius 2 is 1.72 bits per heavy atom. The van der Waals surface area contributed by atoms with E-state index < -0.39 is 102 Å². The summed E-state index contributed by atoms with van der Waals surface area (Å²) >= 11 is 0.718. The number of phosphoric acid groups is 3. The molecule has 11 N–H and O–H groups in total. The normalized spacial score (nSPS) is 21.0. The number of thioether (sulfide) groups is 1. The number of nitrogen functional groups attached to an aromatic ring is 1. The highest BCUT2D eigenvalue weighted by atomic mass is 32.2. The Balaban J connectivity index is 0.00000362. The first-order valence-corrected chi connectivity index (χ1v) is 21.7. The maximum absolute atomic E-state index is 12.6. The number of carbonyl (C=O) groups is 4. The van der Waals surface area contributed by atoms with E-state index in [2.05, 4.69) is 41.0 Å². The van der Waals surface area contributed by atoms with Gasteiger partial charge in [-0.15, -0.1) is 6.58 Å². The summed E-state index contributed by atoms with van der Waals surface area (Å²) < 4.78 is 61.8. The number of aliphatic hydroxyl groups is 2. The number of fused-ring (bicyclic) bond motifs is 1. The van der Waals surface area contributed by atoms with Gasteiger partial charge in [-0.05, 0) is 6.92 Å². The summed E-state index contributed by atoms with van der Waals surface area (Å²) in [5, 5.41) is 34.0. The zero-order chi connectivity index (χ0) is 43.4. The van der Waals surface area contributed by atoms with Crippen LogP contribution >= 0.6 is 35.2 Å². The molecule has 1 aliphatic rings. The maximum Gasteiger partial charge on any atom is 0.481 e. The second-order valence-corrected chi connectivity index (χ2v) is 17.7. The Kier molecular flexibility index (Phi) is 19.0. The number of aliphatic carboxylic acids is 1. The molecule has 7 atom stereocenters. The smallest absolute Gasteiger partial charge is 0.481 e. The SMILES string of the molecule is C=CC.CC(C)(COP(=O)(O)OP(=O)(O)OC[C@H]1O[C@@H](n2cnc3c(N)ncnc32)[C@H](O)[C@@H]1OP(=O)(O)O)C(O)C(=O)NCCC(=O)NCCSC(=O)CC(=O)O. The van der Waals surface area contributed by atoms with Gasteiger partial charge in [0.2, 0.25) is 11.8 Å². The molecule has 1 aliphatic heterocycles. The molecule has 1 saturated heterocycles. The van der Waals surface area contributed by atoms with Gasteiger partial charge in [0, 0.05) is 30.7 Å². The van der Waals surface area contributed by atoms with Gasteiger partial charge in [0.1, 0.15) is 42.7 Å². The number of carboxylic acids is 1. The molecule has 2 amide bonds. The second kappa shape index (κ2) is 21.7. The van der Waals surface area contributed by atoms with Crippen LogP contribution in [0.25, 0.3) is 11.2 Å². The number of hydrogen-bond acceptors (Lipinski definition) is 19. The number of allylic oxidation sites excluding steroid dienone is 1. The zero-order valence-corrected chi connectivity index (χ0v) is 33.9. The lowest BCUT2D eigenvalue weighted by atomic mass is 9.87. The molecular formula is C27H44N7O19P3S. The first-order chi connectivity index (χ1) is 26.3. The molecule has 30 heteroatoms. The highest BCUT2D eigenvalue weighted by molar-refractivity contribution is 8.13. The van der Waals surface area contributed by atoms with Crippen LogP contribution in [-0.4, -0.2) is 134 Å². The number of anilines is 1. The highest BCUT2D eigenvalue weighted by Gasteiger charge is 2.50. The summed E-state index contributed by atoms with van der Waals surface area (Å²) in [6.07, 6.45) is -6.03. The number of rotatable bonds is 21. The van der Waals surface area contributed by atoms with E-state index in [1.54, 1.807) is 6.08 Å². The fourth-order valence-corrected chi connectivity index (χ4v) is 7.96. The largest absolute Gasteiger partial charge is 0.481 e. The monoisotopic (exact) mass is 895 g/mol. The molecule has 0 spiro atoms. The predicted octanol–water partition coefficient (Wildman–Crippen LogP) is -0.668. The summed E-state index contributed by atoms with van der Waals surface area (Å²) in [6, 6.07) is 0. The van der Waals surface area contributed by atoms with Crippen molar-refractivity contribution in [3.8, 4) is 0 Å². The van der Waals surface area contributed by atoms with E-state index in [-0.39, 0.29) is 42.2 Å². The van der Waals surface area contributed by atoms with E-state index in [1.807, 2.05) is 6.92 Å². The van der Waals surface area contributed by atoms with E-state index in [1.165, 1.54) is 13.8 Å². The maximum atomic E-state index is 12.6. The molecule has 0 aliphatic carbocycles. The average molecular weight is 896 g/mol. The van der Waals surface area contributed by atoms with Gasteiger partial charge in [0.05, 0.1) is 19.5 Å². The van der Waals surface area contributed by atoms with E-state index in [0.717, 1.165) is 29.0 Å². The predicted molar refractivity (Wildman–Crippen MR) is 195 cm³/mol. The molecule has 0 radical (unpaired) electrons. The van der Waals surface area contributed by atoms with Gasteiger partial charge in [-0.3, -0.25) is 37.3 Å². The van der Waals surface area contributed by atoms with Gasteiger partial charge in [0.15, 0.2) is 22.8 Å². The van der Waals surface area contributed by atoms with Gasteiger partial charge in [0.25, 0.3) is 0 Å². The molecule has 3 unspecified atom stereocenters. The number of amides is 2. The van der Waals surface area contributed by atoms with Gasteiger partial charge in [-0.25, -0.2) is 28.6 Å². The number of nitrogens with zero attached hydrogens (tertiary/aromatic N) is 4. The number of aromatic nitrogens is 4. The number of hydrogen-bond donors (Lipinski definition) is 10. The van der Waals surface area contributed by atoms with E-state index in [0.29, 0.717) is 0 Å². The molecule has 1 fully saturated rings. The van der Waals surface area contributed by atoms with Crippen LogP contribution < -0.4 is 16.4 Å². The fourth-order valence-electron chi connectivity index (χ4n) is 4.47. The summed E-state index contributed by atoms with van der Waals surface area (Å²) in [4.78, 5) is 97.0. The number of phosphoric ester groups is 3. The van der Waals surface area contributed by atoms with Crippen LogP contribution in [0.1, 0.15) is 39.8 Å². The molecule has 0 aromatic carbocycles. The fraction of sp³-hybridized carbons (Fsp3) is 0.593. The van der Waals surface area contributed by atoms with Crippen molar-refractivity contribution in [2.75, 3.05) is 37.8 Å². The van der Waals surface area contributed by atoms with Crippen LogP contribution in [-0.2, 0) is 55.5 Å². The Hall–Kier alpha value is -3.23. The highest BCUT2D eigenvalue weighted by Crippen LogP contribution is 2.61. The molecule has 2 aromatic rings. The number of carboxylic acid groups (broad SMARTS) is 1. The number of carbonyl (C=O) groups excluding carboxylic acids is 3. The van der Waals surface area contributed by atoms with Crippen LogP contribution in [0.4, 0.5) is 5.82 Å². The van der Waals surface area contributed by atoms with Crippen LogP contribution in [0.5, 0.6) is 0 Å². The molecule has 3 rings (SSSR count). The van der Waals surface area contributed by atoms with Crippen molar-refractivity contribution in [1.82, 2.24) is 30.2 Å². The first kappa shape index (κ1) is 49.9. The van der Waals surface area contributed by atoms with E-state index >= 15 is 0 Å². The first-order valence-electron chi connectivity index (χ1n) is 16.2. The number of aliphatic hydroxyl groups excluding tert-OH is 2. The standard InChI is InChI=1S/C24H38N7O19P3S.C3H6/c1-24(2,19(37)22(38)27-4-3-13(32)26-5-6-54-15(35)7-14(33)34)9-47-53(44,45)50-52(42,43)46-8-12-18(49-51(39,40)41)17(36)23(48-12)31-11-30-16-20(25)28-10-29-21(16)31;1-3-2/h10-12,17-19,23,36-37H,3-9H2,1-2H3,(H,26,32)(H,27,38)(H,33,34)(H,42,43)(H,44,45)(H2,25,28,29)(H2,39,40,41);3H,1H2,2H3/t12-,17-,18-,19?,23-;/m1./s1. The minimum Gasteiger partial charge on any atom is -0.481 e. The molecule has 0 bridgehead atoms. The number of ether oxygens (including phenoxy) is 1. The molecule has 3 heterocycles. The molecule has 26 nitrogen and oxygen atoms in total. The van der Waals surface area contributed by atoms with Crippen LogP contribution in [0.3, 0.4) is 0 Å². The van der Waals surface area contributed by atoms with Crippen molar-refractivity contribution >= 4 is 75.1 Å². The summed E-state index contributed by atoms with van der Waals surface area (Å²) in [5.41, 5.74) is 4.19. The Morgan fingerprint density at radius 1 is 1.09 bits per heavy atom. The average Bonchev–Trinajstić information content (AvgIpc) is 3.64. The summed E-state index contributed by atoms with van der Waals surface area (Å²) in [6.45, 7) is 5.38. The Morgan fingerprint density at radius 3 is 2.33 bits per heavy atom. The molecule has 2 aromatic heterocycles. The quantitative estimate of drug-likeness (QED) is 0.0321. The third-order valence-electron chi connectivity index (χ3n) is 7.06. The van der Waals surface area contributed by atoms with Crippen molar-refractivity contribution in [1.29, 1.82) is 0 Å². The van der Waals surface area contributed by atoms with Gasteiger partial charge < -0.3 is 56.0 Å². The van der Waals surface area contributed by atoms with Crippen molar-refractivity contribution in [2.45, 2.75) is 64.3 Å². The minimum absolute atomic E-state index is 0.0185. The van der Waals surface area contributed by atoms with Crippen LogP contribution in [0.2, 0.25) is 0 Å². The summed E-state index contributed by atoms with van der Waals surface area (Å²) in [7, 11) is -16.4. The molecule has 0 saturated carbocycles. The van der Waals surface area contributed by atoms with Gasteiger partial charge in [-0.1, -0.05) is 31.7 Å². The third-order valence-corrected chi connectivity index (χ3v) is 11.0. The number of imidazole rings is 1. The van der Waals surface area contributed by atoms with Crippen LogP contribution in [0, 0.1) is 5.41 Å². The van der Waals surface area contributed by atoms with Crippen molar-refractivity contribution in [3.63, 3.8) is 0 Å². The Labute approximate surface area is 328 Å². The Bertz CT molecular complexity index is 1880. The van der Waals surface area contributed by atoms with E-state index in [4.69, 9.17) is 24.6 Å². The summed E-state index contributed by atoms with van der Waals surface area (Å²) in [5.74, 6) is -2.80.